The second kappa shape index (κ2) is 7.43. The molecule has 2 N–H and O–H groups in total. The number of anilines is 1. The second-order valence-corrected chi connectivity index (χ2v) is 5.71. The third-order valence-electron chi connectivity index (χ3n) is 2.17. The van der Waals surface area contributed by atoms with Gasteiger partial charge in [-0.3, -0.25) is 9.59 Å². The molecule has 0 saturated carbocycles. The van der Waals surface area contributed by atoms with Crippen LogP contribution >= 0.6 is 27.7 Å². The Morgan fingerprint density at radius 3 is 2.78 bits per heavy atom. The first kappa shape index (κ1) is 15.0. The quantitative estimate of drug-likeness (QED) is 0.840. The molecule has 18 heavy (non-hydrogen) atoms. The molecule has 1 unspecified atom stereocenters. The van der Waals surface area contributed by atoms with Crippen LogP contribution in [0.3, 0.4) is 0 Å². The zero-order valence-electron chi connectivity index (χ0n) is 9.85. The molecule has 1 aromatic carbocycles. The van der Waals surface area contributed by atoms with Gasteiger partial charge in [0.1, 0.15) is 5.25 Å². The molecule has 1 amide bonds. The van der Waals surface area contributed by atoms with Gasteiger partial charge in [0, 0.05) is 10.2 Å². The minimum Gasteiger partial charge on any atom is -0.480 e. The minimum atomic E-state index is -0.877. The molecule has 1 aromatic rings. The summed E-state index contributed by atoms with van der Waals surface area (Å²) in [6, 6.07) is 7.25. The summed E-state index contributed by atoms with van der Waals surface area (Å²) in [5.41, 5.74) is 0.693. The standard InChI is InChI=1S/C12H14BrNO3S/c1-2-10(12(16)17)18-7-11(15)14-9-5-3-4-8(13)6-9/h3-6,10H,2,7H2,1H3,(H,14,15)(H,16,17). The Morgan fingerprint density at radius 2 is 2.22 bits per heavy atom. The van der Waals surface area contributed by atoms with E-state index >= 15 is 0 Å². The van der Waals surface area contributed by atoms with Crippen molar-refractivity contribution in [1.29, 1.82) is 0 Å². The van der Waals surface area contributed by atoms with E-state index in [0.29, 0.717) is 12.1 Å². The molecule has 0 spiro atoms. The lowest BCUT2D eigenvalue weighted by Gasteiger charge is -2.09. The monoisotopic (exact) mass is 331 g/mol. The van der Waals surface area contributed by atoms with E-state index in [1.807, 2.05) is 12.1 Å². The number of amides is 1. The maximum Gasteiger partial charge on any atom is 0.316 e. The van der Waals surface area contributed by atoms with E-state index in [1.165, 1.54) is 0 Å². The molecule has 0 aliphatic carbocycles. The van der Waals surface area contributed by atoms with Gasteiger partial charge in [0.05, 0.1) is 5.75 Å². The molecular formula is C12H14BrNO3S. The number of carbonyl (C=O) groups is 2. The van der Waals surface area contributed by atoms with Crippen molar-refractivity contribution in [2.75, 3.05) is 11.1 Å². The Morgan fingerprint density at radius 1 is 1.50 bits per heavy atom. The highest BCUT2D eigenvalue weighted by molar-refractivity contribution is 9.10. The van der Waals surface area contributed by atoms with Gasteiger partial charge in [-0.15, -0.1) is 11.8 Å². The number of rotatable bonds is 6. The van der Waals surface area contributed by atoms with Crippen LogP contribution < -0.4 is 5.32 Å². The maximum absolute atomic E-state index is 11.6. The van der Waals surface area contributed by atoms with Gasteiger partial charge in [0.15, 0.2) is 0 Å². The van der Waals surface area contributed by atoms with Gasteiger partial charge >= 0.3 is 5.97 Å². The van der Waals surface area contributed by atoms with Crippen LogP contribution in [0.25, 0.3) is 0 Å². The van der Waals surface area contributed by atoms with Crippen LogP contribution in [0.4, 0.5) is 5.69 Å². The third-order valence-corrected chi connectivity index (χ3v) is 4.03. The number of halogens is 1. The molecule has 1 rings (SSSR count). The molecule has 0 aliphatic rings. The predicted octanol–water partition coefficient (Wildman–Crippen LogP) is 2.98. The number of benzene rings is 1. The van der Waals surface area contributed by atoms with E-state index in [4.69, 9.17) is 5.11 Å². The van der Waals surface area contributed by atoms with Crippen molar-refractivity contribution in [3.63, 3.8) is 0 Å². The number of carbonyl (C=O) groups excluding carboxylic acids is 1. The van der Waals surface area contributed by atoms with Crippen LogP contribution in [0.2, 0.25) is 0 Å². The first-order valence-corrected chi connectivity index (χ1v) is 7.27. The Balaban J connectivity index is 2.45. The minimum absolute atomic E-state index is 0.136. The largest absolute Gasteiger partial charge is 0.480 e. The highest BCUT2D eigenvalue weighted by Crippen LogP contribution is 2.18. The summed E-state index contributed by atoms with van der Waals surface area (Å²) >= 11 is 4.45. The van der Waals surface area contributed by atoms with Crippen LogP contribution in [0.5, 0.6) is 0 Å². The number of carboxylic acid groups (broad SMARTS) is 1. The summed E-state index contributed by atoms with van der Waals surface area (Å²) in [7, 11) is 0. The van der Waals surface area contributed by atoms with Crippen LogP contribution in [0.15, 0.2) is 28.7 Å². The number of hydrogen-bond donors (Lipinski definition) is 2. The molecular weight excluding hydrogens is 318 g/mol. The molecule has 0 heterocycles. The summed E-state index contributed by atoms with van der Waals surface area (Å²) in [6.07, 6.45) is 0.504. The predicted molar refractivity (Wildman–Crippen MR) is 76.9 cm³/mol. The fourth-order valence-corrected chi connectivity index (χ4v) is 2.51. The highest BCUT2D eigenvalue weighted by atomic mass is 79.9. The average Bonchev–Trinajstić information content (AvgIpc) is 2.29. The second-order valence-electron chi connectivity index (χ2n) is 3.60. The van der Waals surface area contributed by atoms with Crippen molar-refractivity contribution in [1.82, 2.24) is 0 Å². The van der Waals surface area contributed by atoms with E-state index in [-0.39, 0.29) is 11.7 Å². The molecule has 0 radical (unpaired) electrons. The van der Waals surface area contributed by atoms with Crippen LogP contribution in [0, 0.1) is 0 Å². The molecule has 0 saturated heterocycles. The summed E-state index contributed by atoms with van der Waals surface area (Å²) in [6.45, 7) is 1.79. The Hall–Kier alpha value is -1.01. The van der Waals surface area contributed by atoms with Crippen molar-refractivity contribution in [3.05, 3.63) is 28.7 Å². The van der Waals surface area contributed by atoms with Crippen molar-refractivity contribution in [2.45, 2.75) is 18.6 Å². The van der Waals surface area contributed by atoms with Gasteiger partial charge in [0.2, 0.25) is 5.91 Å². The van der Waals surface area contributed by atoms with Crippen LogP contribution in [0.1, 0.15) is 13.3 Å². The molecule has 4 nitrogen and oxygen atoms in total. The van der Waals surface area contributed by atoms with E-state index < -0.39 is 11.2 Å². The van der Waals surface area contributed by atoms with Gasteiger partial charge in [-0.05, 0) is 24.6 Å². The topological polar surface area (TPSA) is 66.4 Å². The fraction of sp³-hybridized carbons (Fsp3) is 0.333. The molecule has 6 heteroatoms. The summed E-state index contributed by atoms with van der Waals surface area (Å²) < 4.78 is 0.880. The molecule has 0 aromatic heterocycles. The van der Waals surface area contributed by atoms with Crippen LogP contribution in [-0.2, 0) is 9.59 Å². The van der Waals surface area contributed by atoms with Crippen molar-refractivity contribution < 1.29 is 14.7 Å². The maximum atomic E-state index is 11.6. The molecule has 0 aliphatic heterocycles. The average molecular weight is 332 g/mol. The SMILES string of the molecule is CCC(SCC(=O)Nc1cccc(Br)c1)C(=O)O. The number of hydrogen-bond acceptors (Lipinski definition) is 3. The lowest BCUT2D eigenvalue weighted by molar-refractivity contribution is -0.136. The van der Waals surface area contributed by atoms with Crippen molar-refractivity contribution in [3.8, 4) is 0 Å². The van der Waals surface area contributed by atoms with E-state index in [2.05, 4.69) is 21.2 Å². The smallest absolute Gasteiger partial charge is 0.316 e. The van der Waals surface area contributed by atoms with Gasteiger partial charge in [-0.2, -0.15) is 0 Å². The number of aliphatic carboxylic acids is 1. The zero-order valence-corrected chi connectivity index (χ0v) is 12.3. The number of carboxylic acids is 1. The van der Waals surface area contributed by atoms with E-state index in [9.17, 15) is 9.59 Å². The fourth-order valence-electron chi connectivity index (χ4n) is 1.30. The van der Waals surface area contributed by atoms with Gasteiger partial charge in [0.25, 0.3) is 0 Å². The first-order chi connectivity index (χ1) is 8.52. The molecule has 0 fully saturated rings. The third kappa shape index (κ3) is 5.10. The zero-order chi connectivity index (χ0) is 13.5. The summed E-state index contributed by atoms with van der Waals surface area (Å²) in [5.74, 6) is -0.937. The number of nitrogens with one attached hydrogen (secondary N) is 1. The highest BCUT2D eigenvalue weighted by Gasteiger charge is 2.16. The van der Waals surface area contributed by atoms with Gasteiger partial charge in [-0.25, -0.2) is 0 Å². The summed E-state index contributed by atoms with van der Waals surface area (Å²) in [4.78, 5) is 22.4. The number of thioether (sulfide) groups is 1. The Bertz CT molecular complexity index is 439. The van der Waals surface area contributed by atoms with E-state index in [0.717, 1.165) is 16.2 Å². The van der Waals surface area contributed by atoms with Gasteiger partial charge in [-0.1, -0.05) is 28.9 Å². The summed E-state index contributed by atoms with van der Waals surface area (Å²) in [5, 5.41) is 11.0. The first-order valence-electron chi connectivity index (χ1n) is 5.42. The lowest BCUT2D eigenvalue weighted by Crippen LogP contribution is -2.20. The van der Waals surface area contributed by atoms with Gasteiger partial charge < -0.3 is 10.4 Å². The lowest BCUT2D eigenvalue weighted by atomic mass is 10.3. The molecule has 98 valence electrons. The Kier molecular flexibility index (Phi) is 6.21. The normalized spacial score (nSPS) is 11.9. The van der Waals surface area contributed by atoms with E-state index in [1.54, 1.807) is 19.1 Å². The van der Waals surface area contributed by atoms with Crippen molar-refractivity contribution >= 4 is 45.3 Å². The van der Waals surface area contributed by atoms with Crippen molar-refractivity contribution in [2.24, 2.45) is 0 Å². The van der Waals surface area contributed by atoms with Crippen LogP contribution in [-0.4, -0.2) is 28.0 Å². The molecule has 1 atom stereocenters. The molecule has 0 bridgehead atoms. The Labute approximate surface area is 118 Å².